The van der Waals surface area contributed by atoms with Gasteiger partial charge in [0.15, 0.2) is 0 Å². The fourth-order valence-electron chi connectivity index (χ4n) is 3.16. The number of ether oxygens (including phenoxy) is 1. The van der Waals surface area contributed by atoms with Crippen molar-refractivity contribution >= 4 is 29.1 Å². The van der Waals surface area contributed by atoms with Gasteiger partial charge in [-0.15, -0.1) is 0 Å². The van der Waals surface area contributed by atoms with Crippen LogP contribution >= 0.6 is 11.6 Å². The van der Waals surface area contributed by atoms with Crippen molar-refractivity contribution in [3.63, 3.8) is 0 Å². The molecule has 34 heavy (non-hydrogen) atoms. The molecule has 0 radical (unpaired) electrons. The van der Waals surface area contributed by atoms with E-state index in [1.165, 1.54) is 24.4 Å². The lowest BCUT2D eigenvalue weighted by atomic mass is 10.1. The Balaban J connectivity index is 1.43. The molecule has 4 rings (SSSR count). The minimum absolute atomic E-state index is 0.294. The molecule has 0 bridgehead atoms. The number of imidazole rings is 1. The molecule has 0 aliphatic heterocycles. The predicted molar refractivity (Wildman–Crippen MR) is 124 cm³/mol. The lowest BCUT2D eigenvalue weighted by Gasteiger charge is -2.19. The zero-order chi connectivity index (χ0) is 24.1. The van der Waals surface area contributed by atoms with Gasteiger partial charge >= 0.3 is 11.8 Å². The van der Waals surface area contributed by atoms with Crippen molar-refractivity contribution < 1.29 is 18.7 Å². The molecule has 2 N–H and O–H groups in total. The summed E-state index contributed by atoms with van der Waals surface area (Å²) in [4.78, 5) is 33.5. The van der Waals surface area contributed by atoms with Gasteiger partial charge in [0.1, 0.15) is 23.4 Å². The molecule has 0 spiro atoms. The maximum atomic E-state index is 13.8. The molecule has 1 unspecified atom stereocenters. The van der Waals surface area contributed by atoms with E-state index in [0.29, 0.717) is 33.7 Å². The van der Waals surface area contributed by atoms with Gasteiger partial charge < -0.3 is 19.9 Å². The van der Waals surface area contributed by atoms with Crippen molar-refractivity contribution in [1.82, 2.24) is 19.9 Å². The van der Waals surface area contributed by atoms with Crippen LogP contribution in [-0.2, 0) is 16.6 Å². The van der Waals surface area contributed by atoms with Gasteiger partial charge in [0, 0.05) is 30.5 Å². The van der Waals surface area contributed by atoms with Gasteiger partial charge in [0.05, 0.1) is 11.9 Å². The number of aryl methyl sites for hydroxylation is 1. The van der Waals surface area contributed by atoms with Crippen molar-refractivity contribution in [2.24, 2.45) is 7.05 Å². The molecule has 4 aromatic rings. The third-order valence-electron chi connectivity index (χ3n) is 4.81. The predicted octanol–water partition coefficient (Wildman–Crippen LogP) is 4.24. The fraction of sp³-hybridized carbons (Fsp3) is 0.0833. The van der Waals surface area contributed by atoms with Crippen LogP contribution in [0, 0.1) is 5.82 Å². The van der Waals surface area contributed by atoms with Gasteiger partial charge in [-0.3, -0.25) is 9.59 Å². The summed E-state index contributed by atoms with van der Waals surface area (Å²) in [5.74, 6) is -1.02. The molecule has 2 aromatic carbocycles. The number of aromatic nitrogens is 3. The Morgan fingerprint density at radius 2 is 1.85 bits per heavy atom. The van der Waals surface area contributed by atoms with E-state index in [2.05, 4.69) is 20.6 Å². The maximum Gasteiger partial charge on any atom is 0.313 e. The summed E-state index contributed by atoms with van der Waals surface area (Å²) >= 11 is 5.85. The zero-order valence-electron chi connectivity index (χ0n) is 17.9. The van der Waals surface area contributed by atoms with Gasteiger partial charge in [0.2, 0.25) is 5.88 Å². The van der Waals surface area contributed by atoms with Gasteiger partial charge in [-0.25, -0.2) is 14.4 Å². The monoisotopic (exact) mass is 479 g/mol. The Bertz CT molecular complexity index is 1310. The van der Waals surface area contributed by atoms with Crippen molar-refractivity contribution in [1.29, 1.82) is 0 Å². The summed E-state index contributed by atoms with van der Waals surface area (Å²) in [6.45, 7) is 0. The summed E-state index contributed by atoms with van der Waals surface area (Å²) in [6, 6.07) is 14.8. The molecule has 0 aliphatic carbocycles. The van der Waals surface area contributed by atoms with Crippen molar-refractivity contribution in [2.45, 2.75) is 6.04 Å². The summed E-state index contributed by atoms with van der Waals surface area (Å²) in [7, 11) is 1.74. The number of hydrogen-bond acceptors (Lipinski definition) is 5. The number of benzene rings is 2. The number of carbonyl (C=O) groups is 2. The second-order valence-electron chi connectivity index (χ2n) is 7.25. The second kappa shape index (κ2) is 10.1. The van der Waals surface area contributed by atoms with E-state index in [4.69, 9.17) is 16.3 Å². The third kappa shape index (κ3) is 5.57. The summed E-state index contributed by atoms with van der Waals surface area (Å²) in [6.07, 6.45) is 4.60. The van der Waals surface area contributed by atoms with Crippen LogP contribution in [0.3, 0.4) is 0 Å². The summed E-state index contributed by atoms with van der Waals surface area (Å²) < 4.78 is 21.1. The average Bonchev–Trinajstić information content (AvgIpc) is 3.25. The first-order valence-electron chi connectivity index (χ1n) is 10.1. The highest BCUT2D eigenvalue weighted by Gasteiger charge is 2.24. The molecular formula is C24H19ClFN5O3. The fourth-order valence-corrected chi connectivity index (χ4v) is 3.29. The molecule has 1 atom stereocenters. The number of nitrogens with one attached hydrogen (secondary N) is 2. The Labute approximate surface area is 199 Å². The van der Waals surface area contributed by atoms with E-state index in [0.717, 1.165) is 0 Å². The number of hydrogen-bond donors (Lipinski definition) is 2. The number of halogens is 2. The Morgan fingerprint density at radius 3 is 2.50 bits per heavy atom. The number of nitrogens with zero attached hydrogens (tertiary/aromatic N) is 3. The molecule has 2 aromatic heterocycles. The first-order chi connectivity index (χ1) is 16.4. The summed E-state index contributed by atoms with van der Waals surface area (Å²) in [5.41, 5.74) is 0.740. The van der Waals surface area contributed by atoms with Crippen LogP contribution in [0.5, 0.6) is 11.6 Å². The van der Waals surface area contributed by atoms with Crippen molar-refractivity contribution in [3.05, 3.63) is 101 Å². The van der Waals surface area contributed by atoms with Crippen molar-refractivity contribution in [3.8, 4) is 11.6 Å². The van der Waals surface area contributed by atoms with Crippen molar-refractivity contribution in [2.75, 3.05) is 5.32 Å². The average molecular weight is 480 g/mol. The lowest BCUT2D eigenvalue weighted by Crippen LogP contribution is -2.39. The molecule has 2 heterocycles. The highest BCUT2D eigenvalue weighted by Crippen LogP contribution is 2.23. The second-order valence-corrected chi connectivity index (χ2v) is 7.69. The molecule has 0 aliphatic rings. The smallest absolute Gasteiger partial charge is 0.313 e. The molecule has 8 nitrogen and oxygen atoms in total. The minimum Gasteiger partial charge on any atom is -0.439 e. The van der Waals surface area contributed by atoms with Gasteiger partial charge in [0.25, 0.3) is 0 Å². The number of pyridine rings is 1. The first-order valence-corrected chi connectivity index (χ1v) is 10.5. The van der Waals surface area contributed by atoms with Gasteiger partial charge in [-0.05, 0) is 48.0 Å². The topological polar surface area (TPSA) is 98.1 Å². The van der Waals surface area contributed by atoms with E-state index in [1.54, 1.807) is 66.5 Å². The lowest BCUT2D eigenvalue weighted by molar-refractivity contribution is -0.136. The van der Waals surface area contributed by atoms with Crippen LogP contribution < -0.4 is 15.4 Å². The van der Waals surface area contributed by atoms with Crippen LogP contribution in [0.2, 0.25) is 5.02 Å². The van der Waals surface area contributed by atoms with Crippen LogP contribution in [0.25, 0.3) is 0 Å². The Hall–Kier alpha value is -4.24. The summed E-state index contributed by atoms with van der Waals surface area (Å²) in [5, 5.41) is 5.68. The van der Waals surface area contributed by atoms with Crippen LogP contribution in [0.1, 0.15) is 17.4 Å². The highest BCUT2D eigenvalue weighted by atomic mass is 35.5. The number of rotatable bonds is 6. The van der Waals surface area contributed by atoms with Crippen LogP contribution in [-0.4, -0.2) is 26.3 Å². The number of anilines is 1. The van der Waals surface area contributed by atoms with Gasteiger partial charge in [-0.1, -0.05) is 23.7 Å². The maximum absolute atomic E-state index is 13.8. The largest absolute Gasteiger partial charge is 0.439 e. The highest BCUT2D eigenvalue weighted by molar-refractivity contribution is 6.39. The molecule has 2 amide bonds. The van der Waals surface area contributed by atoms with E-state index in [1.807, 2.05) is 0 Å². The molecule has 0 saturated carbocycles. The molecule has 172 valence electrons. The minimum atomic E-state index is -0.918. The van der Waals surface area contributed by atoms with E-state index in [-0.39, 0.29) is 0 Å². The standard InChI is InChI=1S/C24H19ClFN5O3/c1-31-12-11-27-22(31)21(15-3-2-4-17(26)13-15)30-24(33)23(32)29-18-7-10-20(28-14-18)34-19-8-5-16(25)6-9-19/h2-14,21H,1H3,(H,29,32)(H,30,33). The Kier molecular flexibility index (Phi) is 6.84. The molecule has 0 fully saturated rings. The Morgan fingerprint density at radius 1 is 1.06 bits per heavy atom. The van der Waals surface area contributed by atoms with E-state index in [9.17, 15) is 14.0 Å². The van der Waals surface area contributed by atoms with E-state index < -0.39 is 23.7 Å². The SMILES string of the molecule is Cn1ccnc1C(NC(=O)C(=O)Nc1ccc(Oc2ccc(Cl)cc2)nc1)c1cccc(F)c1. The van der Waals surface area contributed by atoms with E-state index >= 15 is 0 Å². The molecular weight excluding hydrogens is 461 g/mol. The van der Waals surface area contributed by atoms with Crippen LogP contribution in [0.4, 0.5) is 10.1 Å². The first kappa shape index (κ1) is 22.9. The van der Waals surface area contributed by atoms with Gasteiger partial charge in [-0.2, -0.15) is 0 Å². The zero-order valence-corrected chi connectivity index (χ0v) is 18.7. The third-order valence-corrected chi connectivity index (χ3v) is 5.06. The number of carbonyl (C=O) groups excluding carboxylic acids is 2. The molecule has 10 heteroatoms. The van der Waals surface area contributed by atoms with Crippen LogP contribution in [0.15, 0.2) is 79.3 Å². The molecule has 0 saturated heterocycles. The quantitative estimate of drug-likeness (QED) is 0.403. The normalized spacial score (nSPS) is 11.5. The number of amides is 2.